The molecule has 2 aromatic carbocycles. The Morgan fingerprint density at radius 2 is 1.39 bits per heavy atom. The Balaban J connectivity index is 1.69. The highest BCUT2D eigenvalue weighted by Crippen LogP contribution is 2.39. The highest BCUT2D eigenvalue weighted by Gasteiger charge is 2.41. The van der Waals surface area contributed by atoms with Gasteiger partial charge in [-0.1, -0.05) is 45.1 Å². The van der Waals surface area contributed by atoms with Gasteiger partial charge in [0.15, 0.2) is 0 Å². The molecule has 0 unspecified atom stereocenters. The molecule has 0 amide bonds. The van der Waals surface area contributed by atoms with Crippen molar-refractivity contribution in [3.63, 3.8) is 0 Å². The summed E-state index contributed by atoms with van der Waals surface area (Å²) in [7, 11) is 0. The van der Waals surface area contributed by atoms with Crippen molar-refractivity contribution in [2.24, 2.45) is 11.8 Å². The molecule has 182 valence electrons. The van der Waals surface area contributed by atoms with E-state index in [2.05, 4.69) is 11.7 Å². The minimum atomic E-state index is -5.35. The molecule has 0 bridgehead atoms. The van der Waals surface area contributed by atoms with Gasteiger partial charge in [-0.15, -0.1) is 0 Å². The highest BCUT2D eigenvalue weighted by molar-refractivity contribution is 5.34. The molecule has 3 rings (SSSR count). The number of benzene rings is 2. The second-order valence-corrected chi connectivity index (χ2v) is 8.53. The van der Waals surface area contributed by atoms with Crippen molar-refractivity contribution in [2.45, 2.75) is 64.2 Å². The van der Waals surface area contributed by atoms with Crippen molar-refractivity contribution in [1.82, 2.24) is 0 Å². The van der Waals surface area contributed by atoms with Gasteiger partial charge in [-0.05, 0) is 42.4 Å². The Morgan fingerprint density at radius 3 is 1.91 bits per heavy atom. The lowest BCUT2D eigenvalue weighted by atomic mass is 9.78. The number of hydrogen-bond acceptors (Lipinski definition) is 1. The van der Waals surface area contributed by atoms with Crippen LogP contribution in [0.2, 0.25) is 0 Å². The van der Waals surface area contributed by atoms with E-state index in [1.165, 1.54) is 6.07 Å². The average Bonchev–Trinajstić information content (AvgIpc) is 2.70. The zero-order valence-electron chi connectivity index (χ0n) is 17.9. The fourth-order valence-corrected chi connectivity index (χ4v) is 4.33. The Hall–Kier alpha value is -2.32. The maximum atomic E-state index is 14.4. The summed E-state index contributed by atoms with van der Waals surface area (Å²) in [4.78, 5) is 0. The van der Waals surface area contributed by atoms with Crippen molar-refractivity contribution in [3.05, 3.63) is 64.5 Å². The van der Waals surface area contributed by atoms with Gasteiger partial charge < -0.3 is 4.74 Å². The normalized spacial score (nSPS) is 19.5. The van der Waals surface area contributed by atoms with E-state index in [-0.39, 0.29) is 12.1 Å². The third kappa shape index (κ3) is 6.18. The molecule has 0 aliphatic heterocycles. The van der Waals surface area contributed by atoms with Crippen LogP contribution in [-0.2, 0) is 18.7 Å². The first-order valence-electron chi connectivity index (χ1n) is 10.8. The highest BCUT2D eigenvalue weighted by atomic mass is 19.4. The maximum Gasteiger partial charge on any atom is 0.429 e. The van der Waals surface area contributed by atoms with E-state index >= 15 is 0 Å². The molecule has 1 fully saturated rings. The summed E-state index contributed by atoms with van der Waals surface area (Å²) in [6.07, 6.45) is -2.75. The van der Waals surface area contributed by atoms with Crippen LogP contribution in [0.25, 0.3) is 0 Å². The van der Waals surface area contributed by atoms with Crippen LogP contribution in [0.4, 0.5) is 35.1 Å². The first kappa shape index (κ1) is 25.3. The lowest BCUT2D eigenvalue weighted by Gasteiger charge is -2.27. The van der Waals surface area contributed by atoms with E-state index in [0.717, 1.165) is 56.6 Å². The van der Waals surface area contributed by atoms with Gasteiger partial charge in [0, 0.05) is 12.1 Å². The quantitative estimate of drug-likeness (QED) is 0.362. The number of aryl methyl sites for hydroxylation is 1. The minimum Gasteiger partial charge on any atom is -0.429 e. The summed E-state index contributed by atoms with van der Waals surface area (Å²) < 4.78 is 113. The fraction of sp³-hybridized carbons (Fsp3) is 0.500. The molecule has 1 saturated carbocycles. The van der Waals surface area contributed by atoms with Crippen LogP contribution < -0.4 is 4.74 Å². The van der Waals surface area contributed by atoms with Crippen LogP contribution >= 0.6 is 0 Å². The summed E-state index contributed by atoms with van der Waals surface area (Å²) in [5, 5.41) is 0. The van der Waals surface area contributed by atoms with Crippen molar-refractivity contribution >= 4 is 0 Å². The average molecular weight is 480 g/mol. The summed E-state index contributed by atoms with van der Waals surface area (Å²) in [5.74, 6) is -5.46. The molecule has 0 saturated heterocycles. The van der Waals surface area contributed by atoms with Crippen LogP contribution in [0.15, 0.2) is 30.3 Å². The molecule has 0 heterocycles. The molecule has 1 nitrogen and oxygen atoms in total. The number of hydrogen-bond donors (Lipinski definition) is 0. The third-order valence-electron chi connectivity index (χ3n) is 6.28. The summed E-state index contributed by atoms with van der Waals surface area (Å²) in [6, 6.07) is 3.06. The second-order valence-electron chi connectivity index (χ2n) is 8.53. The maximum absolute atomic E-state index is 14.4. The molecule has 1 aliphatic rings. The van der Waals surface area contributed by atoms with Crippen LogP contribution in [0.5, 0.6) is 5.75 Å². The van der Waals surface area contributed by atoms with E-state index in [1.54, 1.807) is 0 Å². The number of alkyl halides is 5. The summed E-state index contributed by atoms with van der Waals surface area (Å²) in [5.41, 5.74) is -2.89. The molecule has 0 aromatic heterocycles. The summed E-state index contributed by atoms with van der Waals surface area (Å²) in [6.45, 7) is 2.17. The zero-order valence-corrected chi connectivity index (χ0v) is 17.9. The molecule has 1 aliphatic carbocycles. The lowest BCUT2D eigenvalue weighted by molar-refractivity contribution is -0.187. The van der Waals surface area contributed by atoms with Crippen LogP contribution in [-0.4, -0.2) is 0 Å². The zero-order chi connectivity index (χ0) is 24.4. The third-order valence-corrected chi connectivity index (χ3v) is 6.28. The predicted octanol–water partition coefficient (Wildman–Crippen LogP) is 8.40. The molecule has 9 heteroatoms. The number of rotatable bonds is 7. The summed E-state index contributed by atoms with van der Waals surface area (Å²) >= 11 is 0. The Bertz CT molecular complexity index is 938. The standard InChI is InChI=1S/C24H24F8O/c1-2-14-3-5-15(6-4-14)7-8-16-9-10-18(19(25)11-16)24(31,32)33-17-12-20(26)22(21(27)13-17)23(28,29)30/h9-15H,2-8H2,1H3. The molecule has 0 atom stereocenters. The molecule has 0 N–H and O–H groups in total. The van der Waals surface area contributed by atoms with Gasteiger partial charge in [0.05, 0.1) is 5.56 Å². The van der Waals surface area contributed by atoms with Gasteiger partial charge in [-0.25, -0.2) is 13.2 Å². The molecule has 0 radical (unpaired) electrons. The smallest absolute Gasteiger partial charge is 0.429 e. The fourth-order valence-electron chi connectivity index (χ4n) is 4.33. The lowest BCUT2D eigenvalue weighted by Crippen LogP contribution is -2.24. The first-order valence-corrected chi connectivity index (χ1v) is 10.8. The van der Waals surface area contributed by atoms with Crippen molar-refractivity contribution in [1.29, 1.82) is 0 Å². The van der Waals surface area contributed by atoms with E-state index in [9.17, 15) is 35.1 Å². The van der Waals surface area contributed by atoms with Gasteiger partial charge >= 0.3 is 12.3 Å². The molecule has 0 spiro atoms. The van der Waals surface area contributed by atoms with Crippen LogP contribution in [0.1, 0.15) is 62.1 Å². The predicted molar refractivity (Wildman–Crippen MR) is 106 cm³/mol. The van der Waals surface area contributed by atoms with Crippen LogP contribution in [0, 0.1) is 29.3 Å². The van der Waals surface area contributed by atoms with Crippen molar-refractivity contribution in [3.8, 4) is 5.75 Å². The van der Waals surface area contributed by atoms with E-state index in [4.69, 9.17) is 0 Å². The van der Waals surface area contributed by atoms with Gasteiger partial charge in [0.2, 0.25) is 0 Å². The van der Waals surface area contributed by atoms with Crippen molar-refractivity contribution < 1.29 is 39.9 Å². The van der Waals surface area contributed by atoms with Gasteiger partial charge in [0.25, 0.3) is 0 Å². The van der Waals surface area contributed by atoms with Crippen molar-refractivity contribution in [2.75, 3.05) is 0 Å². The first-order chi connectivity index (χ1) is 15.4. The van der Waals surface area contributed by atoms with Crippen LogP contribution in [0.3, 0.4) is 0 Å². The van der Waals surface area contributed by atoms with E-state index < -0.39 is 46.6 Å². The largest absolute Gasteiger partial charge is 0.429 e. The van der Waals surface area contributed by atoms with E-state index in [0.29, 0.717) is 17.9 Å². The minimum absolute atomic E-state index is 0.0145. The SMILES string of the molecule is CCC1CCC(CCc2ccc(C(F)(F)Oc3cc(F)c(C(F)(F)F)c(F)c3)c(F)c2)CC1. The topological polar surface area (TPSA) is 9.23 Å². The molecular weight excluding hydrogens is 456 g/mol. The molecule has 33 heavy (non-hydrogen) atoms. The Kier molecular flexibility index (Phi) is 7.59. The Labute approximate surface area is 186 Å². The molecular formula is C24H24F8O. The van der Waals surface area contributed by atoms with E-state index in [1.807, 2.05) is 0 Å². The molecule has 2 aromatic rings. The second kappa shape index (κ2) is 9.89. The number of ether oxygens (including phenoxy) is 1. The Morgan fingerprint density at radius 1 is 0.818 bits per heavy atom. The van der Waals surface area contributed by atoms with Gasteiger partial charge in [-0.2, -0.15) is 22.0 Å². The van der Waals surface area contributed by atoms with Gasteiger partial charge in [-0.3, -0.25) is 0 Å². The monoisotopic (exact) mass is 480 g/mol. The number of halogens is 8. The van der Waals surface area contributed by atoms with Gasteiger partial charge in [0.1, 0.15) is 28.8 Å².